The van der Waals surface area contributed by atoms with Crippen molar-refractivity contribution in [1.82, 2.24) is 5.32 Å². The van der Waals surface area contributed by atoms with Gasteiger partial charge in [-0.1, -0.05) is 30.3 Å². The fourth-order valence-electron chi connectivity index (χ4n) is 2.58. The Bertz CT molecular complexity index is 662. The van der Waals surface area contributed by atoms with Crippen molar-refractivity contribution < 1.29 is 4.39 Å². The van der Waals surface area contributed by atoms with Gasteiger partial charge in [-0.15, -0.1) is 0 Å². The minimum Gasteiger partial charge on any atom is -0.399 e. The quantitative estimate of drug-likeness (QED) is 0.808. The second kappa shape index (κ2) is 4.52. The number of nitrogens with two attached hydrogens (primary N) is 1. The highest BCUT2D eigenvalue weighted by Gasteiger charge is 2.24. The fourth-order valence-corrected chi connectivity index (χ4v) is 2.58. The number of nitrogen functional groups attached to an aromatic ring is 1. The largest absolute Gasteiger partial charge is 0.399 e. The van der Waals surface area contributed by atoms with Crippen LogP contribution in [-0.4, -0.2) is 7.05 Å². The second-order valence-electron chi connectivity index (χ2n) is 4.67. The average molecular weight is 254 g/mol. The zero-order valence-electron chi connectivity index (χ0n) is 10.7. The number of hydrogen-bond donors (Lipinski definition) is 2. The smallest absolute Gasteiger partial charge is 0.131 e. The van der Waals surface area contributed by atoms with Gasteiger partial charge in [0.25, 0.3) is 0 Å². The summed E-state index contributed by atoms with van der Waals surface area (Å²) in [6, 6.07) is 12.8. The lowest BCUT2D eigenvalue weighted by Crippen LogP contribution is -2.11. The lowest BCUT2D eigenvalue weighted by atomic mass is 9.98. The number of nitrogens with one attached hydrogen (secondary N) is 1. The molecule has 1 aliphatic carbocycles. The maximum absolute atomic E-state index is 14.0. The Labute approximate surface area is 111 Å². The standard InChI is InChI=1S/C16H15FN2/c1-19-16-9-13(11-4-2-3-5-12(11)16)14-8-10(18)6-7-15(14)17/h2-9,16,19H,18H2,1H3. The van der Waals surface area contributed by atoms with E-state index in [1.54, 1.807) is 12.1 Å². The first kappa shape index (κ1) is 11.9. The molecule has 0 heterocycles. The lowest BCUT2D eigenvalue weighted by molar-refractivity contribution is 0.624. The summed E-state index contributed by atoms with van der Waals surface area (Å²) in [5.41, 5.74) is 10.0. The number of halogens is 1. The molecule has 0 radical (unpaired) electrons. The molecule has 2 aromatic rings. The summed E-state index contributed by atoms with van der Waals surface area (Å²) in [4.78, 5) is 0. The molecule has 0 aromatic heterocycles. The maximum Gasteiger partial charge on any atom is 0.131 e. The molecule has 2 aromatic carbocycles. The average Bonchev–Trinajstić information content (AvgIpc) is 2.80. The fraction of sp³-hybridized carbons (Fsp3) is 0.125. The minimum absolute atomic E-state index is 0.118. The molecule has 0 amide bonds. The van der Waals surface area contributed by atoms with Crippen LogP contribution in [0, 0.1) is 5.82 Å². The number of rotatable bonds is 2. The van der Waals surface area contributed by atoms with Crippen LogP contribution in [0.5, 0.6) is 0 Å². The Hall–Kier alpha value is -2.13. The van der Waals surface area contributed by atoms with Gasteiger partial charge in [-0.3, -0.25) is 0 Å². The first-order valence-corrected chi connectivity index (χ1v) is 6.24. The van der Waals surface area contributed by atoms with Gasteiger partial charge in [-0.2, -0.15) is 0 Å². The second-order valence-corrected chi connectivity index (χ2v) is 4.67. The van der Waals surface area contributed by atoms with Crippen LogP contribution in [0.15, 0.2) is 48.5 Å². The van der Waals surface area contributed by atoms with Crippen LogP contribution in [0.1, 0.15) is 22.7 Å². The minimum atomic E-state index is -0.244. The van der Waals surface area contributed by atoms with Crippen LogP contribution < -0.4 is 11.1 Å². The number of anilines is 1. The highest BCUT2D eigenvalue weighted by Crippen LogP contribution is 2.39. The molecule has 96 valence electrons. The van der Waals surface area contributed by atoms with Gasteiger partial charge in [0, 0.05) is 11.3 Å². The molecule has 1 aliphatic rings. The molecule has 3 heteroatoms. The van der Waals surface area contributed by atoms with Gasteiger partial charge in [0.05, 0.1) is 6.04 Å². The Morgan fingerprint density at radius 2 is 1.89 bits per heavy atom. The lowest BCUT2D eigenvalue weighted by Gasteiger charge is -2.09. The van der Waals surface area contributed by atoms with Gasteiger partial charge in [-0.05, 0) is 41.9 Å². The molecule has 1 atom stereocenters. The van der Waals surface area contributed by atoms with E-state index in [9.17, 15) is 4.39 Å². The van der Waals surface area contributed by atoms with Crippen LogP contribution in [0.2, 0.25) is 0 Å². The molecule has 2 nitrogen and oxygen atoms in total. The molecule has 3 N–H and O–H groups in total. The van der Waals surface area contributed by atoms with Crippen molar-refractivity contribution in [2.45, 2.75) is 6.04 Å². The third-order valence-corrected chi connectivity index (χ3v) is 3.51. The number of fused-ring (bicyclic) bond motifs is 1. The van der Waals surface area contributed by atoms with Crippen molar-refractivity contribution in [2.75, 3.05) is 12.8 Å². The van der Waals surface area contributed by atoms with Gasteiger partial charge < -0.3 is 11.1 Å². The Balaban J connectivity index is 2.18. The van der Waals surface area contributed by atoms with Gasteiger partial charge >= 0.3 is 0 Å². The normalized spacial score (nSPS) is 17.2. The SMILES string of the molecule is CNC1C=C(c2cc(N)ccc2F)c2ccccc21. The molecule has 0 saturated heterocycles. The summed E-state index contributed by atoms with van der Waals surface area (Å²) in [6.07, 6.45) is 2.04. The van der Waals surface area contributed by atoms with E-state index in [-0.39, 0.29) is 11.9 Å². The zero-order chi connectivity index (χ0) is 13.4. The van der Waals surface area contributed by atoms with Crippen LogP contribution in [0.3, 0.4) is 0 Å². The molecule has 0 saturated carbocycles. The molecule has 1 unspecified atom stereocenters. The number of hydrogen-bond acceptors (Lipinski definition) is 2. The third kappa shape index (κ3) is 1.92. The molecule has 19 heavy (non-hydrogen) atoms. The molecule has 0 fully saturated rings. The first-order chi connectivity index (χ1) is 9.20. The number of likely N-dealkylation sites (N-methyl/N-ethyl adjacent to an activating group) is 1. The summed E-state index contributed by atoms with van der Waals surface area (Å²) in [5.74, 6) is -0.244. The van der Waals surface area contributed by atoms with Crippen LogP contribution in [0.4, 0.5) is 10.1 Å². The predicted molar refractivity (Wildman–Crippen MR) is 76.1 cm³/mol. The van der Waals surface area contributed by atoms with Crippen molar-refractivity contribution in [3.8, 4) is 0 Å². The van der Waals surface area contributed by atoms with E-state index in [0.29, 0.717) is 11.3 Å². The van der Waals surface area contributed by atoms with E-state index in [1.165, 1.54) is 11.6 Å². The van der Waals surface area contributed by atoms with Crippen molar-refractivity contribution in [3.05, 3.63) is 71.0 Å². The molecular weight excluding hydrogens is 239 g/mol. The van der Waals surface area contributed by atoms with E-state index in [4.69, 9.17) is 5.73 Å². The summed E-state index contributed by atoms with van der Waals surface area (Å²) < 4.78 is 14.0. The summed E-state index contributed by atoms with van der Waals surface area (Å²) in [6.45, 7) is 0. The van der Waals surface area contributed by atoms with E-state index >= 15 is 0 Å². The molecule has 0 bridgehead atoms. The van der Waals surface area contributed by atoms with Crippen LogP contribution in [-0.2, 0) is 0 Å². The van der Waals surface area contributed by atoms with Crippen molar-refractivity contribution in [1.29, 1.82) is 0 Å². The monoisotopic (exact) mass is 254 g/mol. The van der Waals surface area contributed by atoms with Crippen molar-refractivity contribution in [2.24, 2.45) is 0 Å². The van der Waals surface area contributed by atoms with Crippen molar-refractivity contribution in [3.63, 3.8) is 0 Å². The first-order valence-electron chi connectivity index (χ1n) is 6.24. The van der Waals surface area contributed by atoms with Gasteiger partial charge in [0.1, 0.15) is 5.82 Å². The van der Waals surface area contributed by atoms with E-state index in [2.05, 4.69) is 11.4 Å². The van der Waals surface area contributed by atoms with Crippen LogP contribution >= 0.6 is 0 Å². The summed E-state index contributed by atoms with van der Waals surface area (Å²) >= 11 is 0. The number of benzene rings is 2. The van der Waals surface area contributed by atoms with E-state index < -0.39 is 0 Å². The molecule has 0 spiro atoms. The molecular formula is C16H15FN2. The summed E-state index contributed by atoms with van der Waals surface area (Å²) in [5, 5.41) is 3.22. The Kier molecular flexibility index (Phi) is 2.84. The topological polar surface area (TPSA) is 38.0 Å². The maximum atomic E-state index is 14.0. The Morgan fingerprint density at radius 3 is 2.68 bits per heavy atom. The van der Waals surface area contributed by atoms with E-state index in [1.807, 2.05) is 31.3 Å². The predicted octanol–water partition coefficient (Wildman–Crippen LogP) is 3.11. The highest BCUT2D eigenvalue weighted by molar-refractivity contribution is 5.86. The zero-order valence-corrected chi connectivity index (χ0v) is 10.7. The van der Waals surface area contributed by atoms with Gasteiger partial charge in [0.15, 0.2) is 0 Å². The molecule has 0 aliphatic heterocycles. The van der Waals surface area contributed by atoms with Gasteiger partial charge in [-0.25, -0.2) is 4.39 Å². The van der Waals surface area contributed by atoms with E-state index in [0.717, 1.165) is 11.1 Å². The Morgan fingerprint density at radius 1 is 1.11 bits per heavy atom. The van der Waals surface area contributed by atoms with Gasteiger partial charge in [0.2, 0.25) is 0 Å². The summed E-state index contributed by atoms with van der Waals surface area (Å²) in [7, 11) is 1.90. The molecule has 3 rings (SSSR count). The van der Waals surface area contributed by atoms with Crippen molar-refractivity contribution >= 4 is 11.3 Å². The highest BCUT2D eigenvalue weighted by atomic mass is 19.1. The van der Waals surface area contributed by atoms with Crippen LogP contribution in [0.25, 0.3) is 5.57 Å². The third-order valence-electron chi connectivity index (χ3n) is 3.51.